The Morgan fingerprint density at radius 3 is 2.17 bits per heavy atom. The zero-order valence-electron chi connectivity index (χ0n) is 5.80. The zero-order valence-corrected chi connectivity index (χ0v) is 5.80. The normalized spacial score (nSPS) is 28.8. The van der Waals surface area contributed by atoms with Gasteiger partial charge in [-0.25, -0.2) is 5.32 Å². The fourth-order valence-electron chi connectivity index (χ4n) is 0.964. The Morgan fingerprint density at radius 1 is 1.33 bits per heavy atom. The van der Waals surface area contributed by atoms with E-state index in [1.54, 1.807) is 0 Å². The minimum atomic E-state index is -1.61. The molecule has 1 saturated heterocycles. The van der Waals surface area contributed by atoms with Gasteiger partial charge >= 0.3 is 6.17 Å². The molecule has 0 spiro atoms. The van der Waals surface area contributed by atoms with Gasteiger partial charge < -0.3 is 0 Å². The minimum Gasteiger partial charge on any atom is -0.282 e. The lowest BCUT2D eigenvalue weighted by molar-refractivity contribution is -0.517. The summed E-state index contributed by atoms with van der Waals surface area (Å²) in [6.45, 7) is -0.266. The molecule has 1 aliphatic rings. The Morgan fingerprint density at radius 2 is 1.92 bits per heavy atom. The second kappa shape index (κ2) is 2.81. The SMILES string of the molecule is O=C1C([N+](=O)[O-])CNC1[N+](=O)[O-]. The van der Waals surface area contributed by atoms with Crippen molar-refractivity contribution in [1.29, 1.82) is 0 Å². The quantitative estimate of drug-likeness (QED) is 0.399. The maximum absolute atomic E-state index is 10.8. The Bertz CT molecular complexity index is 227. The molecule has 8 heteroatoms. The Labute approximate surface area is 65.8 Å². The lowest BCUT2D eigenvalue weighted by atomic mass is 10.2. The highest BCUT2D eigenvalue weighted by Gasteiger charge is 2.49. The number of carbonyl (C=O) groups is 1. The predicted molar refractivity (Wildman–Crippen MR) is 34.6 cm³/mol. The summed E-state index contributed by atoms with van der Waals surface area (Å²) in [5, 5.41) is 22.3. The van der Waals surface area contributed by atoms with Crippen molar-refractivity contribution in [2.24, 2.45) is 0 Å². The molecule has 2 atom stereocenters. The summed E-state index contributed by atoms with van der Waals surface area (Å²) in [6, 6.07) is -1.47. The van der Waals surface area contributed by atoms with Crippen LogP contribution in [0.4, 0.5) is 0 Å². The molecule has 1 rings (SSSR count). The van der Waals surface area contributed by atoms with Gasteiger partial charge in [0.05, 0.1) is 6.54 Å². The van der Waals surface area contributed by atoms with E-state index in [-0.39, 0.29) is 6.54 Å². The van der Waals surface area contributed by atoms with Crippen molar-refractivity contribution >= 4 is 5.78 Å². The molecular weight excluding hydrogens is 170 g/mol. The van der Waals surface area contributed by atoms with Crippen LogP contribution in [0, 0.1) is 20.2 Å². The smallest absolute Gasteiger partial charge is 0.282 e. The highest BCUT2D eigenvalue weighted by atomic mass is 16.6. The van der Waals surface area contributed by atoms with Gasteiger partial charge in [0.1, 0.15) is 0 Å². The van der Waals surface area contributed by atoms with E-state index in [1.165, 1.54) is 0 Å². The van der Waals surface area contributed by atoms with Gasteiger partial charge in [-0.05, 0) is 0 Å². The van der Waals surface area contributed by atoms with Crippen molar-refractivity contribution in [1.82, 2.24) is 5.32 Å². The minimum absolute atomic E-state index is 0.266. The van der Waals surface area contributed by atoms with E-state index >= 15 is 0 Å². The molecule has 1 fully saturated rings. The molecule has 0 aromatic rings. The summed E-state index contributed by atoms with van der Waals surface area (Å²) in [5.74, 6) is -0.981. The first-order valence-electron chi connectivity index (χ1n) is 3.08. The van der Waals surface area contributed by atoms with Crippen LogP contribution in [0.2, 0.25) is 0 Å². The first kappa shape index (κ1) is 8.53. The van der Waals surface area contributed by atoms with Crippen LogP contribution < -0.4 is 5.32 Å². The number of Topliss-reactive ketones (excluding diaryl/α,β-unsaturated/α-hetero) is 1. The average molecular weight is 175 g/mol. The van der Waals surface area contributed by atoms with Gasteiger partial charge in [0, 0.05) is 9.85 Å². The van der Waals surface area contributed by atoms with Crippen LogP contribution in [0.25, 0.3) is 0 Å². The molecule has 2 unspecified atom stereocenters. The third-order valence-electron chi connectivity index (χ3n) is 1.57. The predicted octanol–water partition coefficient (Wildman–Crippen LogP) is -1.59. The van der Waals surface area contributed by atoms with Crippen LogP contribution in [-0.4, -0.2) is 34.4 Å². The Hall–Kier alpha value is -1.57. The molecule has 1 N–H and O–H groups in total. The van der Waals surface area contributed by atoms with Gasteiger partial charge in [-0.2, -0.15) is 0 Å². The zero-order chi connectivity index (χ0) is 9.30. The Balaban J connectivity index is 2.74. The molecule has 0 aliphatic carbocycles. The van der Waals surface area contributed by atoms with Gasteiger partial charge in [-0.3, -0.25) is 25.0 Å². The van der Waals surface area contributed by atoms with E-state index in [4.69, 9.17) is 0 Å². The molecule has 66 valence electrons. The number of nitrogens with zero attached hydrogens (tertiary/aromatic N) is 2. The van der Waals surface area contributed by atoms with Gasteiger partial charge in [-0.1, -0.05) is 0 Å². The Kier molecular flexibility index (Phi) is 2.00. The summed E-state index contributed by atoms with van der Waals surface area (Å²) in [6.07, 6.45) is -1.61. The fraction of sp³-hybridized carbons (Fsp3) is 0.750. The van der Waals surface area contributed by atoms with Gasteiger partial charge in [0.25, 0.3) is 11.8 Å². The molecule has 8 nitrogen and oxygen atoms in total. The number of hydrogen-bond acceptors (Lipinski definition) is 6. The summed E-state index contributed by atoms with van der Waals surface area (Å²) in [4.78, 5) is 29.3. The van der Waals surface area contributed by atoms with Crippen molar-refractivity contribution < 1.29 is 14.6 Å². The maximum Gasteiger partial charge on any atom is 0.331 e. The van der Waals surface area contributed by atoms with Gasteiger partial charge in [0.15, 0.2) is 0 Å². The highest BCUT2D eigenvalue weighted by molar-refractivity contribution is 5.88. The van der Waals surface area contributed by atoms with Crippen molar-refractivity contribution in [3.63, 3.8) is 0 Å². The van der Waals surface area contributed by atoms with Crippen LogP contribution in [0.5, 0.6) is 0 Å². The van der Waals surface area contributed by atoms with E-state index < -0.39 is 27.8 Å². The van der Waals surface area contributed by atoms with Crippen molar-refractivity contribution in [2.75, 3.05) is 6.54 Å². The highest BCUT2D eigenvalue weighted by Crippen LogP contribution is 2.05. The number of nitro groups is 2. The summed E-state index contributed by atoms with van der Waals surface area (Å²) in [7, 11) is 0. The first-order valence-corrected chi connectivity index (χ1v) is 3.08. The first-order chi connectivity index (χ1) is 5.54. The summed E-state index contributed by atoms with van der Waals surface area (Å²) >= 11 is 0. The van der Waals surface area contributed by atoms with E-state index in [1.807, 2.05) is 0 Å². The molecule has 1 heterocycles. The largest absolute Gasteiger partial charge is 0.331 e. The lowest BCUT2D eigenvalue weighted by Crippen LogP contribution is -2.37. The van der Waals surface area contributed by atoms with Crippen LogP contribution in [0.1, 0.15) is 0 Å². The summed E-state index contributed by atoms with van der Waals surface area (Å²) in [5.41, 5.74) is 0. The monoisotopic (exact) mass is 175 g/mol. The molecule has 0 aromatic carbocycles. The van der Waals surface area contributed by atoms with Crippen LogP contribution in [0.15, 0.2) is 0 Å². The van der Waals surface area contributed by atoms with E-state index in [0.717, 1.165) is 0 Å². The van der Waals surface area contributed by atoms with E-state index in [9.17, 15) is 25.0 Å². The third-order valence-corrected chi connectivity index (χ3v) is 1.57. The molecule has 0 radical (unpaired) electrons. The topological polar surface area (TPSA) is 115 Å². The van der Waals surface area contributed by atoms with Crippen LogP contribution >= 0.6 is 0 Å². The molecule has 1 aliphatic heterocycles. The number of nitrogens with one attached hydrogen (secondary N) is 1. The molecule has 0 aromatic heterocycles. The molecule has 0 saturated carbocycles. The van der Waals surface area contributed by atoms with Gasteiger partial charge in [-0.15, -0.1) is 0 Å². The summed E-state index contributed by atoms with van der Waals surface area (Å²) < 4.78 is 0. The number of ketones is 1. The van der Waals surface area contributed by atoms with Crippen molar-refractivity contribution in [3.8, 4) is 0 Å². The average Bonchev–Trinajstić information content (AvgIpc) is 2.30. The lowest BCUT2D eigenvalue weighted by Gasteiger charge is -1.96. The maximum atomic E-state index is 10.8. The standard InChI is InChI=1S/C4H5N3O5/c8-3-2(6(9)10)1-5-4(3)7(11)12/h2,4-5H,1H2. The van der Waals surface area contributed by atoms with Crippen molar-refractivity contribution in [2.45, 2.75) is 12.2 Å². The molecule has 0 bridgehead atoms. The van der Waals surface area contributed by atoms with Crippen LogP contribution in [-0.2, 0) is 4.79 Å². The second-order valence-electron chi connectivity index (χ2n) is 2.30. The van der Waals surface area contributed by atoms with Crippen LogP contribution in [0.3, 0.4) is 0 Å². The number of hydrogen-bond donors (Lipinski definition) is 1. The molecule has 12 heavy (non-hydrogen) atoms. The number of rotatable bonds is 2. The fourth-order valence-corrected chi connectivity index (χ4v) is 0.964. The van der Waals surface area contributed by atoms with E-state index in [2.05, 4.69) is 5.32 Å². The van der Waals surface area contributed by atoms with E-state index in [0.29, 0.717) is 0 Å². The molecule has 0 amide bonds. The number of carbonyl (C=O) groups excluding carboxylic acids is 1. The van der Waals surface area contributed by atoms with Crippen molar-refractivity contribution in [3.05, 3.63) is 20.2 Å². The van der Waals surface area contributed by atoms with Gasteiger partial charge in [0.2, 0.25) is 0 Å². The molecular formula is C4H5N3O5. The second-order valence-corrected chi connectivity index (χ2v) is 2.30. The third kappa shape index (κ3) is 1.23.